The molecule has 0 aromatic carbocycles. The summed E-state index contributed by atoms with van der Waals surface area (Å²) in [5.74, 6) is 0. The molecule has 0 aliphatic carbocycles. The molecule has 0 bridgehead atoms. The van der Waals surface area contributed by atoms with Crippen LogP contribution in [0.1, 0.15) is 27.2 Å². The molecule has 1 heterocycles. The third-order valence-corrected chi connectivity index (χ3v) is 2.58. The molecule has 0 atom stereocenters. The fourth-order valence-electron chi connectivity index (χ4n) is 1.59. The quantitative estimate of drug-likeness (QED) is 0.583. The van der Waals surface area contributed by atoms with Crippen LogP contribution in [-0.2, 0) is 4.79 Å². The molecule has 4 heteroatoms. The van der Waals surface area contributed by atoms with Crippen molar-refractivity contribution in [1.82, 2.24) is 10.6 Å². The predicted molar refractivity (Wildman–Crippen MR) is 56.3 cm³/mol. The molecule has 78 valence electrons. The summed E-state index contributed by atoms with van der Waals surface area (Å²) in [6.07, 6.45) is 1.42. The fourth-order valence-corrected chi connectivity index (χ4v) is 1.59. The number of carbonyl (C=O) groups is 1. The van der Waals surface area contributed by atoms with Crippen LogP contribution >= 0.6 is 0 Å². The number of allylic oxidation sites excluding steroid dienone is 1. The number of rotatable bonds is 3. The molecule has 1 fully saturated rings. The maximum Gasteiger partial charge on any atom is 0.211 e. The average molecular weight is 195 g/mol. The van der Waals surface area contributed by atoms with Gasteiger partial charge in [-0.25, -0.2) is 0 Å². The summed E-state index contributed by atoms with van der Waals surface area (Å²) < 4.78 is 0. The van der Waals surface area contributed by atoms with Gasteiger partial charge in [0.15, 0.2) is 0 Å². The molecule has 1 aliphatic rings. The van der Waals surface area contributed by atoms with Gasteiger partial charge in [-0.05, 0) is 20.3 Å². The molecule has 0 spiro atoms. The van der Waals surface area contributed by atoms with E-state index in [1.165, 1.54) is 0 Å². The zero-order valence-electron chi connectivity index (χ0n) is 8.90. The van der Waals surface area contributed by atoms with Crippen LogP contribution in [-0.4, -0.2) is 24.2 Å². The molecule has 4 nitrogen and oxygen atoms in total. The normalized spacial score (nSPS) is 23.5. The molecule has 0 aromatic rings. The van der Waals surface area contributed by atoms with Crippen LogP contribution in [0.4, 0.5) is 0 Å². The number of nitrogens with one attached hydrogen (secondary N) is 3. The van der Waals surface area contributed by atoms with Crippen molar-refractivity contribution in [1.29, 1.82) is 5.41 Å². The third kappa shape index (κ3) is 1.85. The molecule has 3 N–H and O–H groups in total. The Morgan fingerprint density at radius 3 is 2.71 bits per heavy atom. The number of hydrogen-bond acceptors (Lipinski definition) is 3. The second-order valence-corrected chi connectivity index (χ2v) is 3.93. The predicted octanol–water partition coefficient (Wildman–Crippen LogP) is 0.798. The van der Waals surface area contributed by atoms with Gasteiger partial charge in [-0.3, -0.25) is 4.79 Å². The van der Waals surface area contributed by atoms with Crippen molar-refractivity contribution in [3.8, 4) is 0 Å². The maximum atomic E-state index is 10.4. The van der Waals surface area contributed by atoms with Crippen LogP contribution in [0, 0.1) is 5.41 Å². The van der Waals surface area contributed by atoms with Crippen molar-refractivity contribution in [3.63, 3.8) is 0 Å². The smallest absolute Gasteiger partial charge is 0.211 e. The molecule has 14 heavy (non-hydrogen) atoms. The highest BCUT2D eigenvalue weighted by atomic mass is 16.1. The van der Waals surface area contributed by atoms with Gasteiger partial charge in [0.25, 0.3) is 0 Å². The molecule has 1 saturated heterocycles. The molecule has 1 amide bonds. The Morgan fingerprint density at radius 2 is 2.36 bits per heavy atom. The highest BCUT2D eigenvalue weighted by Gasteiger charge is 2.33. The summed E-state index contributed by atoms with van der Waals surface area (Å²) in [7, 11) is 0. The van der Waals surface area contributed by atoms with E-state index < -0.39 is 0 Å². The lowest BCUT2D eigenvalue weighted by Gasteiger charge is -2.17. The summed E-state index contributed by atoms with van der Waals surface area (Å²) in [6, 6.07) is 0. The van der Waals surface area contributed by atoms with Gasteiger partial charge in [0, 0.05) is 17.8 Å². The van der Waals surface area contributed by atoms with Crippen LogP contribution in [0.5, 0.6) is 0 Å². The molecule has 0 unspecified atom stereocenters. The summed E-state index contributed by atoms with van der Waals surface area (Å²) in [6.45, 7) is 6.57. The minimum atomic E-state index is -0.277. The Balaban J connectivity index is 2.98. The first-order valence-electron chi connectivity index (χ1n) is 4.79. The largest absolute Gasteiger partial charge is 0.332 e. The van der Waals surface area contributed by atoms with E-state index in [1.54, 1.807) is 0 Å². The number of amides is 1. The van der Waals surface area contributed by atoms with Gasteiger partial charge >= 0.3 is 0 Å². The van der Waals surface area contributed by atoms with Crippen molar-refractivity contribution in [2.45, 2.75) is 32.7 Å². The van der Waals surface area contributed by atoms with Crippen molar-refractivity contribution >= 4 is 12.1 Å². The molecule has 1 rings (SSSR count). The molecule has 0 aromatic heterocycles. The van der Waals surface area contributed by atoms with Crippen molar-refractivity contribution in [2.75, 3.05) is 6.54 Å². The average Bonchev–Trinajstić information content (AvgIpc) is 2.40. The Morgan fingerprint density at radius 1 is 1.71 bits per heavy atom. The lowest BCUT2D eigenvalue weighted by molar-refractivity contribution is -0.109. The minimum Gasteiger partial charge on any atom is -0.332 e. The summed E-state index contributed by atoms with van der Waals surface area (Å²) >= 11 is 0. The Kier molecular flexibility index (Phi) is 3.06. The first-order valence-corrected chi connectivity index (χ1v) is 4.79. The van der Waals surface area contributed by atoms with Gasteiger partial charge in [0.1, 0.15) is 0 Å². The standard InChI is InChI=1S/C10H17N3O/c1-4-8(12-6-14)7-5-13-10(2,3)9(7)11/h6,11,13H,4-5H2,1-3H3,(H,12,14)/b8-7-,11-9?. The molecule has 0 saturated carbocycles. The molecular weight excluding hydrogens is 178 g/mol. The zero-order valence-corrected chi connectivity index (χ0v) is 8.90. The first kappa shape index (κ1) is 10.9. The van der Waals surface area contributed by atoms with E-state index in [2.05, 4.69) is 10.6 Å². The van der Waals surface area contributed by atoms with Crippen molar-refractivity contribution < 1.29 is 4.79 Å². The van der Waals surface area contributed by atoms with Crippen LogP contribution in [0.2, 0.25) is 0 Å². The molecule has 0 radical (unpaired) electrons. The summed E-state index contributed by atoms with van der Waals surface area (Å²) in [5, 5.41) is 13.8. The monoisotopic (exact) mass is 195 g/mol. The van der Waals surface area contributed by atoms with Gasteiger partial charge in [-0.1, -0.05) is 6.92 Å². The van der Waals surface area contributed by atoms with Crippen LogP contribution < -0.4 is 10.6 Å². The Bertz CT molecular complexity index is 292. The minimum absolute atomic E-state index is 0.277. The van der Waals surface area contributed by atoms with E-state index in [1.807, 2.05) is 20.8 Å². The van der Waals surface area contributed by atoms with E-state index in [0.29, 0.717) is 18.7 Å². The second kappa shape index (κ2) is 3.92. The summed E-state index contributed by atoms with van der Waals surface area (Å²) in [5.41, 5.74) is 2.07. The van der Waals surface area contributed by atoms with Crippen LogP contribution in [0.25, 0.3) is 0 Å². The van der Waals surface area contributed by atoms with Crippen LogP contribution in [0.15, 0.2) is 11.3 Å². The van der Waals surface area contributed by atoms with Crippen molar-refractivity contribution in [2.24, 2.45) is 0 Å². The van der Waals surface area contributed by atoms with Gasteiger partial charge in [-0.2, -0.15) is 0 Å². The SMILES string of the molecule is CC/C(NC=O)=C1\CNC(C)(C)C1=N. The first-order chi connectivity index (χ1) is 6.53. The molecular formula is C10H17N3O. The van der Waals surface area contributed by atoms with E-state index in [9.17, 15) is 4.79 Å². The lowest BCUT2D eigenvalue weighted by Crippen LogP contribution is -2.38. The van der Waals surface area contributed by atoms with E-state index >= 15 is 0 Å². The van der Waals surface area contributed by atoms with E-state index in [4.69, 9.17) is 5.41 Å². The van der Waals surface area contributed by atoms with E-state index in [0.717, 1.165) is 17.7 Å². The number of hydrogen-bond donors (Lipinski definition) is 3. The maximum absolute atomic E-state index is 10.4. The topological polar surface area (TPSA) is 65.0 Å². The van der Waals surface area contributed by atoms with Gasteiger partial charge in [0.05, 0.1) is 11.3 Å². The third-order valence-electron chi connectivity index (χ3n) is 2.58. The Hall–Kier alpha value is -1.16. The van der Waals surface area contributed by atoms with Gasteiger partial charge in [-0.15, -0.1) is 0 Å². The Labute approximate surface area is 84.3 Å². The zero-order chi connectivity index (χ0) is 10.8. The number of carbonyl (C=O) groups excluding carboxylic acids is 1. The van der Waals surface area contributed by atoms with Crippen LogP contribution in [0.3, 0.4) is 0 Å². The van der Waals surface area contributed by atoms with E-state index in [-0.39, 0.29) is 5.54 Å². The molecule has 1 aliphatic heterocycles. The fraction of sp³-hybridized carbons (Fsp3) is 0.600. The lowest BCUT2D eigenvalue weighted by atomic mass is 9.96. The highest BCUT2D eigenvalue weighted by molar-refractivity contribution is 6.07. The van der Waals surface area contributed by atoms with Gasteiger partial charge in [0.2, 0.25) is 6.41 Å². The van der Waals surface area contributed by atoms with Crippen molar-refractivity contribution in [3.05, 3.63) is 11.3 Å². The highest BCUT2D eigenvalue weighted by Crippen LogP contribution is 2.21. The second-order valence-electron chi connectivity index (χ2n) is 3.93. The summed E-state index contributed by atoms with van der Waals surface area (Å²) in [4.78, 5) is 10.4. The van der Waals surface area contributed by atoms with Gasteiger partial charge < -0.3 is 16.0 Å².